The van der Waals surface area contributed by atoms with Crippen molar-refractivity contribution in [1.82, 2.24) is 4.98 Å². The summed E-state index contributed by atoms with van der Waals surface area (Å²) in [6.45, 7) is 3.17. The Hall–Kier alpha value is -3.85. The molecule has 1 aliphatic heterocycles. The van der Waals surface area contributed by atoms with Gasteiger partial charge in [-0.15, -0.1) is 11.3 Å². The highest BCUT2D eigenvalue weighted by atomic mass is 32.1. The van der Waals surface area contributed by atoms with E-state index in [9.17, 15) is 9.59 Å². The van der Waals surface area contributed by atoms with E-state index in [1.54, 1.807) is 31.2 Å². The first-order valence-corrected chi connectivity index (χ1v) is 10.0. The molecule has 0 unspecified atom stereocenters. The summed E-state index contributed by atoms with van der Waals surface area (Å²) in [7, 11) is 0. The maximum atomic E-state index is 12.8. The molecular weight excluding hydrogens is 400 g/mol. The monoisotopic (exact) mass is 418 g/mol. The van der Waals surface area contributed by atoms with Crippen molar-refractivity contribution in [2.75, 3.05) is 15.8 Å². The SMILES string of the molecule is CC(=O)Nc1ccc(N/N=C2\C(=O)N(c3nc(-c4ccccc4)cs3)N=C2C)cc1. The number of hydrogen-bond acceptors (Lipinski definition) is 7. The van der Waals surface area contributed by atoms with Gasteiger partial charge in [0.05, 0.1) is 17.1 Å². The second-order valence-corrected chi connectivity index (χ2v) is 7.35. The van der Waals surface area contributed by atoms with Gasteiger partial charge in [-0.3, -0.25) is 15.0 Å². The zero-order valence-corrected chi connectivity index (χ0v) is 17.1. The van der Waals surface area contributed by atoms with E-state index in [0.717, 1.165) is 11.3 Å². The van der Waals surface area contributed by atoms with Gasteiger partial charge in [0.15, 0.2) is 5.71 Å². The molecule has 1 aliphatic rings. The number of anilines is 3. The number of nitrogens with one attached hydrogen (secondary N) is 2. The fourth-order valence-electron chi connectivity index (χ4n) is 2.81. The van der Waals surface area contributed by atoms with Crippen LogP contribution in [-0.2, 0) is 9.59 Å². The van der Waals surface area contributed by atoms with E-state index in [0.29, 0.717) is 22.2 Å². The first-order valence-electron chi connectivity index (χ1n) is 9.13. The molecule has 0 fully saturated rings. The Bertz CT molecular complexity index is 1150. The molecule has 8 nitrogen and oxygen atoms in total. The van der Waals surface area contributed by atoms with Crippen molar-refractivity contribution in [2.45, 2.75) is 13.8 Å². The van der Waals surface area contributed by atoms with E-state index < -0.39 is 0 Å². The van der Waals surface area contributed by atoms with Gasteiger partial charge in [0.2, 0.25) is 11.0 Å². The van der Waals surface area contributed by atoms with Crippen molar-refractivity contribution in [3.05, 3.63) is 60.0 Å². The zero-order valence-electron chi connectivity index (χ0n) is 16.3. The third kappa shape index (κ3) is 4.11. The lowest BCUT2D eigenvalue weighted by molar-refractivity contribution is -0.114. The van der Waals surface area contributed by atoms with E-state index in [-0.39, 0.29) is 17.5 Å². The van der Waals surface area contributed by atoms with Crippen LogP contribution in [0.5, 0.6) is 0 Å². The molecule has 0 spiro atoms. The van der Waals surface area contributed by atoms with Crippen LogP contribution in [0.2, 0.25) is 0 Å². The van der Waals surface area contributed by atoms with Crippen molar-refractivity contribution in [2.24, 2.45) is 10.2 Å². The number of benzene rings is 2. The van der Waals surface area contributed by atoms with Crippen LogP contribution < -0.4 is 15.8 Å². The topological polar surface area (TPSA) is 99.0 Å². The van der Waals surface area contributed by atoms with Gasteiger partial charge in [-0.05, 0) is 31.2 Å². The van der Waals surface area contributed by atoms with E-state index in [1.165, 1.54) is 23.3 Å². The minimum atomic E-state index is -0.344. The number of thiazole rings is 1. The first-order chi connectivity index (χ1) is 14.5. The number of hydrazone groups is 2. The highest BCUT2D eigenvalue weighted by Crippen LogP contribution is 2.29. The molecule has 4 rings (SSSR count). The van der Waals surface area contributed by atoms with Gasteiger partial charge < -0.3 is 5.32 Å². The van der Waals surface area contributed by atoms with Crippen LogP contribution in [0.4, 0.5) is 16.5 Å². The summed E-state index contributed by atoms with van der Waals surface area (Å²) in [5.74, 6) is -0.485. The quantitative estimate of drug-likeness (QED) is 0.613. The second kappa shape index (κ2) is 8.26. The molecule has 2 aromatic carbocycles. The maximum Gasteiger partial charge on any atom is 0.303 e. The van der Waals surface area contributed by atoms with Crippen LogP contribution in [-0.4, -0.2) is 28.2 Å². The molecule has 0 atom stereocenters. The summed E-state index contributed by atoms with van der Waals surface area (Å²) in [6, 6.07) is 16.8. The molecule has 0 saturated heterocycles. The predicted molar refractivity (Wildman–Crippen MR) is 120 cm³/mol. The second-order valence-electron chi connectivity index (χ2n) is 6.51. The normalized spacial score (nSPS) is 14.7. The van der Waals surface area contributed by atoms with Crippen LogP contribution in [0.15, 0.2) is 70.2 Å². The summed E-state index contributed by atoms with van der Waals surface area (Å²) in [5, 5.41) is 14.9. The number of hydrogen-bond donors (Lipinski definition) is 2. The maximum absolute atomic E-state index is 12.8. The summed E-state index contributed by atoms with van der Waals surface area (Å²) < 4.78 is 0. The van der Waals surface area contributed by atoms with Crippen molar-refractivity contribution in [3.8, 4) is 11.3 Å². The van der Waals surface area contributed by atoms with Crippen molar-refractivity contribution in [1.29, 1.82) is 0 Å². The molecule has 0 radical (unpaired) electrons. The lowest BCUT2D eigenvalue weighted by atomic mass is 10.2. The average molecular weight is 418 g/mol. The Morgan fingerprint density at radius 2 is 1.77 bits per heavy atom. The Balaban J connectivity index is 1.48. The molecule has 2 amide bonds. The minimum absolute atomic E-state index is 0.142. The highest BCUT2D eigenvalue weighted by Gasteiger charge is 2.32. The van der Waals surface area contributed by atoms with E-state index >= 15 is 0 Å². The lowest BCUT2D eigenvalue weighted by Gasteiger charge is -2.07. The number of amides is 2. The van der Waals surface area contributed by atoms with Crippen LogP contribution >= 0.6 is 11.3 Å². The fraction of sp³-hybridized carbons (Fsp3) is 0.0952. The highest BCUT2D eigenvalue weighted by molar-refractivity contribution is 7.14. The molecule has 1 aromatic heterocycles. The molecule has 3 aromatic rings. The van der Waals surface area contributed by atoms with Gasteiger partial charge in [-0.25, -0.2) is 4.98 Å². The van der Waals surface area contributed by atoms with Gasteiger partial charge in [-0.2, -0.15) is 15.2 Å². The fourth-order valence-corrected chi connectivity index (χ4v) is 3.59. The van der Waals surface area contributed by atoms with E-state index in [2.05, 4.69) is 25.9 Å². The van der Waals surface area contributed by atoms with Gasteiger partial charge in [0, 0.05) is 23.6 Å². The summed E-state index contributed by atoms with van der Waals surface area (Å²) in [6.07, 6.45) is 0. The third-order valence-electron chi connectivity index (χ3n) is 4.23. The Kier molecular flexibility index (Phi) is 5.36. The Morgan fingerprint density at radius 1 is 1.07 bits per heavy atom. The molecule has 2 heterocycles. The number of nitrogens with zero attached hydrogens (tertiary/aromatic N) is 4. The number of rotatable bonds is 5. The predicted octanol–water partition coefficient (Wildman–Crippen LogP) is 3.96. The van der Waals surface area contributed by atoms with Crippen molar-refractivity contribution < 1.29 is 9.59 Å². The number of carbonyl (C=O) groups excluding carboxylic acids is 2. The third-order valence-corrected chi connectivity index (χ3v) is 5.05. The largest absolute Gasteiger partial charge is 0.326 e. The Morgan fingerprint density at radius 3 is 2.47 bits per heavy atom. The zero-order chi connectivity index (χ0) is 21.1. The van der Waals surface area contributed by atoms with Crippen molar-refractivity contribution >= 4 is 51.1 Å². The summed E-state index contributed by atoms with van der Waals surface area (Å²) >= 11 is 1.35. The number of carbonyl (C=O) groups is 2. The molecular formula is C21H18N6O2S. The number of aromatic nitrogens is 1. The van der Waals surface area contributed by atoms with Gasteiger partial charge in [0.1, 0.15) is 0 Å². The summed E-state index contributed by atoms with van der Waals surface area (Å²) in [4.78, 5) is 28.5. The van der Waals surface area contributed by atoms with Crippen LogP contribution in [0, 0.1) is 0 Å². The molecule has 9 heteroatoms. The van der Waals surface area contributed by atoms with E-state index in [1.807, 2.05) is 35.7 Å². The smallest absolute Gasteiger partial charge is 0.303 e. The van der Waals surface area contributed by atoms with Gasteiger partial charge >= 0.3 is 5.91 Å². The summed E-state index contributed by atoms with van der Waals surface area (Å²) in [5.41, 5.74) is 6.71. The van der Waals surface area contributed by atoms with Crippen LogP contribution in [0.1, 0.15) is 13.8 Å². The lowest BCUT2D eigenvalue weighted by Crippen LogP contribution is -2.27. The average Bonchev–Trinajstić information content (AvgIpc) is 3.33. The molecule has 150 valence electrons. The van der Waals surface area contributed by atoms with Gasteiger partial charge in [-0.1, -0.05) is 30.3 Å². The molecule has 0 saturated carbocycles. The van der Waals surface area contributed by atoms with E-state index in [4.69, 9.17) is 0 Å². The van der Waals surface area contributed by atoms with Crippen molar-refractivity contribution in [3.63, 3.8) is 0 Å². The van der Waals surface area contributed by atoms with Crippen LogP contribution in [0.3, 0.4) is 0 Å². The molecule has 2 N–H and O–H groups in total. The minimum Gasteiger partial charge on any atom is -0.326 e. The first kappa shape index (κ1) is 19.5. The standard InChI is InChI=1S/C21H18N6O2S/c1-13-19(25-24-17-10-8-16(9-11-17)22-14(2)28)20(29)27(26-13)21-23-18(12-30-21)15-6-4-3-5-7-15/h3-12,24H,1-2H3,(H,22,28)/b25-19-. The molecule has 0 aliphatic carbocycles. The van der Waals surface area contributed by atoms with Gasteiger partial charge in [0.25, 0.3) is 0 Å². The van der Waals surface area contributed by atoms with Crippen LogP contribution in [0.25, 0.3) is 11.3 Å². The molecule has 0 bridgehead atoms. The Labute approximate surface area is 177 Å². The molecule has 30 heavy (non-hydrogen) atoms.